The summed E-state index contributed by atoms with van der Waals surface area (Å²) in [7, 11) is 0. The number of nitrogens with two attached hydrogens (primary N) is 1. The van der Waals surface area contributed by atoms with Gasteiger partial charge >= 0.3 is 5.97 Å². The van der Waals surface area contributed by atoms with E-state index in [0.717, 1.165) is 49.6 Å². The molecule has 2 amide bonds. The van der Waals surface area contributed by atoms with Gasteiger partial charge in [-0.15, -0.1) is 11.6 Å². The third-order valence-corrected chi connectivity index (χ3v) is 10.7. The molecule has 0 bridgehead atoms. The molecule has 5 aromatic carbocycles. The highest BCUT2D eigenvalue weighted by Crippen LogP contribution is 2.41. The number of hydrogen-bond acceptors (Lipinski definition) is 9. The molecule has 6 N–H and O–H groups in total. The Morgan fingerprint density at radius 2 is 1.62 bits per heavy atom. The molecule has 330 valence electrons. The van der Waals surface area contributed by atoms with E-state index < -0.39 is 23.2 Å². The van der Waals surface area contributed by atoms with Gasteiger partial charge in [0.25, 0.3) is 11.8 Å². The van der Waals surface area contributed by atoms with Crippen molar-refractivity contribution in [1.29, 1.82) is 0 Å². The zero-order valence-electron chi connectivity index (χ0n) is 36.5. The zero-order chi connectivity index (χ0) is 45.6. The van der Waals surface area contributed by atoms with E-state index in [9.17, 15) is 19.5 Å². The maximum absolute atomic E-state index is 13.8. The lowest BCUT2D eigenvalue weighted by atomic mass is 9.97. The number of fused-ring (bicyclic) bond motifs is 4. The van der Waals surface area contributed by atoms with E-state index in [1.807, 2.05) is 96.1 Å². The number of carbonyl (C=O) groups excluding carboxylic acids is 2. The number of anilines is 2. The number of phenolic OH excluding ortho intramolecular Hbond substituents is 1. The summed E-state index contributed by atoms with van der Waals surface area (Å²) in [6.07, 6.45) is 2.40. The van der Waals surface area contributed by atoms with Gasteiger partial charge in [0.1, 0.15) is 35.4 Å². The van der Waals surface area contributed by atoms with Gasteiger partial charge in [0.15, 0.2) is 0 Å². The van der Waals surface area contributed by atoms with Gasteiger partial charge in [-0.2, -0.15) is 0 Å². The van der Waals surface area contributed by atoms with Crippen molar-refractivity contribution in [2.45, 2.75) is 71.6 Å². The predicted molar refractivity (Wildman–Crippen MR) is 249 cm³/mol. The van der Waals surface area contributed by atoms with E-state index in [2.05, 4.69) is 27.1 Å². The van der Waals surface area contributed by atoms with Crippen molar-refractivity contribution in [3.63, 3.8) is 0 Å². The van der Waals surface area contributed by atoms with Crippen LogP contribution >= 0.6 is 11.6 Å². The average Bonchev–Trinajstić information content (AvgIpc) is 3.88. The third-order valence-electron chi connectivity index (χ3n) is 10.7. The molecule has 0 saturated carbocycles. The minimum Gasteiger partial charge on any atom is -0.507 e. The first-order valence-corrected chi connectivity index (χ1v) is 21.3. The topological polar surface area (TPSA) is 189 Å². The maximum atomic E-state index is 13.8. The van der Waals surface area contributed by atoms with Gasteiger partial charge in [-0.05, 0) is 131 Å². The maximum Gasteiger partial charge on any atom is 0.320 e. The lowest BCUT2D eigenvalue weighted by Gasteiger charge is -2.31. The average molecular weight is 876 g/mol. The number of carbonyl (C=O) groups is 3. The zero-order valence-corrected chi connectivity index (χ0v) is 37.3. The first-order chi connectivity index (χ1) is 30.0. The van der Waals surface area contributed by atoms with Crippen LogP contribution in [0.3, 0.4) is 0 Å². The Morgan fingerprint density at radius 3 is 2.32 bits per heavy atom. The van der Waals surface area contributed by atoms with E-state index in [0.29, 0.717) is 41.4 Å². The number of halogens is 1. The van der Waals surface area contributed by atoms with Gasteiger partial charge in [-0.3, -0.25) is 14.4 Å². The summed E-state index contributed by atoms with van der Waals surface area (Å²) in [6, 6.07) is 28.0. The summed E-state index contributed by atoms with van der Waals surface area (Å²) in [5.74, 6) is -0.811. The number of carboxylic acid groups (broad SMARTS) is 1. The van der Waals surface area contributed by atoms with Crippen LogP contribution in [0.4, 0.5) is 11.4 Å². The molecule has 0 radical (unpaired) electrons. The van der Waals surface area contributed by atoms with Crippen molar-refractivity contribution in [1.82, 2.24) is 4.98 Å². The number of ether oxygens (including phenoxy) is 2. The second kappa shape index (κ2) is 19.3. The number of amides is 2. The number of aliphatic carboxylic acids is 1. The number of H-pyrrole nitrogens is 1. The summed E-state index contributed by atoms with van der Waals surface area (Å²) >= 11 is 4.64. The van der Waals surface area contributed by atoms with Gasteiger partial charge in [0, 0.05) is 46.5 Å². The fourth-order valence-electron chi connectivity index (χ4n) is 7.42. The molecule has 0 fully saturated rings. The number of aryl methyl sites for hydroxylation is 1. The molecule has 13 nitrogen and oxygen atoms in total. The number of hydrogen-bond donors (Lipinski definition) is 5. The lowest BCUT2D eigenvalue weighted by molar-refractivity contribution is -0.138. The number of nitrogens with one attached hydrogen (secondary N) is 2. The van der Waals surface area contributed by atoms with Crippen LogP contribution in [0.2, 0.25) is 0 Å². The minimum absolute atomic E-state index is 0.150. The quantitative estimate of drug-likeness (QED) is 0.0381. The molecule has 1 aliphatic rings. The Morgan fingerprint density at radius 1 is 0.921 bits per heavy atom. The number of nitrogens with zero attached hydrogens (tertiary/aromatic N) is 2. The molecule has 1 aromatic heterocycles. The molecule has 0 aliphatic carbocycles. The number of oxime groups is 1. The summed E-state index contributed by atoms with van der Waals surface area (Å²) < 4.78 is 12.4. The monoisotopic (exact) mass is 875 g/mol. The van der Waals surface area contributed by atoms with Crippen LogP contribution in [-0.4, -0.2) is 82.1 Å². The van der Waals surface area contributed by atoms with Crippen LogP contribution in [0.5, 0.6) is 11.5 Å². The predicted octanol–water partition coefficient (Wildman–Crippen LogP) is 8.99. The highest BCUT2D eigenvalue weighted by atomic mass is 35.5. The number of benzene rings is 5. The van der Waals surface area contributed by atoms with Crippen molar-refractivity contribution < 1.29 is 38.9 Å². The molecule has 63 heavy (non-hydrogen) atoms. The van der Waals surface area contributed by atoms with Gasteiger partial charge < -0.3 is 45.5 Å². The van der Waals surface area contributed by atoms with E-state index in [-0.39, 0.29) is 37.2 Å². The van der Waals surface area contributed by atoms with Crippen LogP contribution in [0.25, 0.3) is 21.7 Å². The van der Waals surface area contributed by atoms with Crippen LogP contribution in [0.1, 0.15) is 77.7 Å². The lowest BCUT2D eigenvalue weighted by Crippen LogP contribution is -2.40. The Hall–Kier alpha value is -6.41. The molecule has 1 unspecified atom stereocenters. The fraction of sp³-hybridized carbons (Fsp3) is 0.306. The molecular weight excluding hydrogens is 822 g/mol. The first-order valence-electron chi connectivity index (χ1n) is 20.5. The number of aromatic hydroxyl groups is 1. The van der Waals surface area contributed by atoms with Gasteiger partial charge in [-0.25, -0.2) is 0 Å². The van der Waals surface area contributed by atoms with Crippen LogP contribution < -0.4 is 20.7 Å². The number of rotatable bonds is 15. The van der Waals surface area contributed by atoms with Crippen LogP contribution in [0, 0.1) is 6.92 Å². The standard InChI is InChI=1S/C48H51N5O8.CH3Cl/c1-28-8-7-9-37-42(54)25-41-36(43(28)37)20-21-53(41)45(56)40-24-33-23-34(16-19-39(33)51-40)50-44(55)32-14-17-35(18-15-32)61-48(5,6)26-59-47(3,4)27-60-52-29(2)31-12-10-30(11-13-31)22-38(49)46(57)58;1-2/h7-19,23-25,38,51,54H,20-22,26-27,49H2,1-6H3,(H,50,55)(H,57,58);1H3/b52-29+;. The second-order valence-electron chi connectivity index (χ2n) is 16.8. The highest BCUT2D eigenvalue weighted by Gasteiger charge is 2.30. The molecule has 1 atom stereocenters. The van der Waals surface area contributed by atoms with Crippen molar-refractivity contribution in [3.05, 3.63) is 131 Å². The molecule has 0 saturated heterocycles. The molecule has 7 rings (SSSR count). The summed E-state index contributed by atoms with van der Waals surface area (Å²) in [6.45, 7) is 12.4. The molecular formula is C49H54ClN5O8. The molecule has 14 heteroatoms. The Labute approximate surface area is 371 Å². The second-order valence-corrected chi connectivity index (χ2v) is 16.8. The first kappa shape index (κ1) is 46.1. The van der Waals surface area contributed by atoms with Gasteiger partial charge in [-0.1, -0.05) is 47.6 Å². The molecule has 6 aromatic rings. The SMILES string of the molecule is C/C(=N\OCC(C)(C)OCC(C)(C)Oc1ccc(C(=O)Nc2ccc3[nH]c(C(=O)N4CCc5c4cc(O)c4cccc(C)c54)cc3c2)cc1)c1ccc(CC(N)C(=O)O)cc1.CCl. The smallest absolute Gasteiger partial charge is 0.320 e. The summed E-state index contributed by atoms with van der Waals surface area (Å²) in [4.78, 5) is 48.7. The Bertz CT molecular complexity index is 2660. The number of aromatic nitrogens is 1. The van der Waals surface area contributed by atoms with E-state index in [1.165, 1.54) is 6.38 Å². The van der Waals surface area contributed by atoms with Crippen molar-refractivity contribution in [3.8, 4) is 11.5 Å². The summed E-state index contributed by atoms with van der Waals surface area (Å²) in [5.41, 5.74) is 11.6. The highest BCUT2D eigenvalue weighted by molar-refractivity contribution is 6.15. The van der Waals surface area contributed by atoms with E-state index >= 15 is 0 Å². The Kier molecular flexibility index (Phi) is 14.1. The van der Waals surface area contributed by atoms with Gasteiger partial charge in [0.2, 0.25) is 0 Å². The van der Waals surface area contributed by atoms with Crippen molar-refractivity contribution >= 4 is 68.1 Å². The fourth-order valence-corrected chi connectivity index (χ4v) is 7.42. The molecule has 0 spiro atoms. The largest absolute Gasteiger partial charge is 0.507 e. The Balaban J connectivity index is 0.00000326. The normalized spacial score (nSPS) is 13.3. The third kappa shape index (κ3) is 11.0. The number of aromatic amines is 1. The van der Waals surface area contributed by atoms with Crippen LogP contribution in [-0.2, 0) is 27.2 Å². The minimum atomic E-state index is -1.04. The molecule has 2 heterocycles. The van der Waals surface area contributed by atoms with Crippen molar-refractivity contribution in [2.75, 3.05) is 36.4 Å². The van der Waals surface area contributed by atoms with E-state index in [4.69, 9.17) is 25.2 Å². The van der Waals surface area contributed by atoms with Crippen molar-refractivity contribution in [2.24, 2.45) is 10.9 Å². The van der Waals surface area contributed by atoms with Crippen LogP contribution in [0.15, 0.2) is 102 Å². The number of carboxylic acids is 1. The molecule has 1 aliphatic heterocycles. The number of alkyl halides is 1. The van der Waals surface area contributed by atoms with Gasteiger partial charge in [0.05, 0.1) is 23.6 Å². The van der Waals surface area contributed by atoms with E-state index in [1.54, 1.807) is 47.4 Å². The summed E-state index contributed by atoms with van der Waals surface area (Å²) in [5, 5.41) is 29.6. The number of phenols is 1.